The molecule has 3 rings (SSSR count). The van der Waals surface area contributed by atoms with Crippen LogP contribution in [0.1, 0.15) is 30.1 Å². The van der Waals surface area contributed by atoms with E-state index >= 15 is 0 Å². The topological polar surface area (TPSA) is 46.1 Å². The van der Waals surface area contributed by atoms with Gasteiger partial charge in [0.1, 0.15) is 0 Å². The molecule has 0 aliphatic carbocycles. The van der Waals surface area contributed by atoms with Crippen molar-refractivity contribution in [1.82, 2.24) is 14.9 Å². The molecule has 0 bridgehead atoms. The average molecular weight is 241 g/mol. The zero-order chi connectivity index (χ0) is 12.5. The van der Waals surface area contributed by atoms with E-state index in [1.54, 1.807) is 12.4 Å². The van der Waals surface area contributed by atoms with E-state index in [0.29, 0.717) is 11.6 Å². The molecule has 1 saturated heterocycles. The Morgan fingerprint density at radius 2 is 2.06 bits per heavy atom. The van der Waals surface area contributed by atoms with Crippen LogP contribution in [0.25, 0.3) is 11.0 Å². The minimum Gasteiger partial charge on any atom is -0.336 e. The lowest BCUT2D eigenvalue weighted by atomic mass is 10.1. The molecule has 92 valence electrons. The lowest BCUT2D eigenvalue weighted by Crippen LogP contribution is -2.33. The number of aromatic nitrogens is 2. The molecule has 0 spiro atoms. The van der Waals surface area contributed by atoms with Crippen molar-refractivity contribution in [3.8, 4) is 0 Å². The fourth-order valence-electron chi connectivity index (χ4n) is 2.50. The van der Waals surface area contributed by atoms with Gasteiger partial charge in [-0.3, -0.25) is 14.8 Å². The van der Waals surface area contributed by atoms with Crippen molar-refractivity contribution in [2.75, 3.05) is 6.54 Å². The van der Waals surface area contributed by atoms with Crippen LogP contribution < -0.4 is 0 Å². The maximum Gasteiger partial charge on any atom is 0.254 e. The van der Waals surface area contributed by atoms with E-state index in [1.165, 1.54) is 0 Å². The molecule has 1 atom stereocenters. The number of carbonyl (C=O) groups is 1. The maximum absolute atomic E-state index is 12.4. The summed E-state index contributed by atoms with van der Waals surface area (Å²) in [5, 5.41) is 0. The maximum atomic E-state index is 12.4. The number of hydrogen-bond acceptors (Lipinski definition) is 3. The fourth-order valence-corrected chi connectivity index (χ4v) is 2.50. The quantitative estimate of drug-likeness (QED) is 0.769. The highest BCUT2D eigenvalue weighted by atomic mass is 16.2. The van der Waals surface area contributed by atoms with E-state index in [4.69, 9.17) is 0 Å². The predicted molar refractivity (Wildman–Crippen MR) is 69.3 cm³/mol. The number of likely N-dealkylation sites (tertiary alicyclic amines) is 1. The van der Waals surface area contributed by atoms with E-state index in [1.807, 2.05) is 23.1 Å². The van der Waals surface area contributed by atoms with Crippen LogP contribution in [0, 0.1) is 0 Å². The number of amides is 1. The Morgan fingerprint density at radius 1 is 1.28 bits per heavy atom. The molecule has 1 aliphatic rings. The third-order valence-corrected chi connectivity index (χ3v) is 3.53. The fraction of sp³-hybridized carbons (Fsp3) is 0.357. The first kappa shape index (κ1) is 11.1. The van der Waals surface area contributed by atoms with Gasteiger partial charge in [0, 0.05) is 30.5 Å². The number of carbonyl (C=O) groups excluding carboxylic acids is 1. The van der Waals surface area contributed by atoms with Crippen molar-refractivity contribution in [2.45, 2.75) is 25.8 Å². The van der Waals surface area contributed by atoms with Gasteiger partial charge in [-0.25, -0.2) is 0 Å². The Hall–Kier alpha value is -1.97. The normalized spacial score (nSPS) is 19.4. The number of hydrogen-bond donors (Lipinski definition) is 0. The Labute approximate surface area is 106 Å². The first-order valence-corrected chi connectivity index (χ1v) is 6.27. The van der Waals surface area contributed by atoms with Crippen LogP contribution in [0.15, 0.2) is 30.6 Å². The highest BCUT2D eigenvalue weighted by Gasteiger charge is 2.25. The summed E-state index contributed by atoms with van der Waals surface area (Å²) in [6.45, 7) is 2.96. The summed E-state index contributed by atoms with van der Waals surface area (Å²) in [5.41, 5.74) is 2.30. The summed E-state index contributed by atoms with van der Waals surface area (Å²) < 4.78 is 0. The Kier molecular flexibility index (Phi) is 2.70. The molecule has 1 fully saturated rings. The minimum absolute atomic E-state index is 0.104. The third kappa shape index (κ3) is 1.83. The summed E-state index contributed by atoms with van der Waals surface area (Å²) >= 11 is 0. The molecule has 2 heterocycles. The highest BCUT2D eigenvalue weighted by Crippen LogP contribution is 2.20. The number of rotatable bonds is 1. The summed E-state index contributed by atoms with van der Waals surface area (Å²) in [5.74, 6) is 0.104. The van der Waals surface area contributed by atoms with Gasteiger partial charge >= 0.3 is 0 Å². The van der Waals surface area contributed by atoms with Gasteiger partial charge in [-0.15, -0.1) is 0 Å². The molecule has 0 N–H and O–H groups in total. The minimum atomic E-state index is 0.104. The van der Waals surface area contributed by atoms with Crippen LogP contribution in [-0.4, -0.2) is 33.4 Å². The molecule has 18 heavy (non-hydrogen) atoms. The smallest absolute Gasteiger partial charge is 0.254 e. The molecule has 1 aromatic heterocycles. The van der Waals surface area contributed by atoms with Crippen LogP contribution in [-0.2, 0) is 0 Å². The van der Waals surface area contributed by atoms with Gasteiger partial charge in [-0.05, 0) is 38.0 Å². The number of nitrogens with zero attached hydrogens (tertiary/aromatic N) is 3. The molecule has 1 aromatic carbocycles. The number of benzene rings is 1. The van der Waals surface area contributed by atoms with Crippen molar-refractivity contribution >= 4 is 16.9 Å². The summed E-state index contributed by atoms with van der Waals surface area (Å²) in [7, 11) is 0. The third-order valence-electron chi connectivity index (χ3n) is 3.53. The first-order valence-electron chi connectivity index (χ1n) is 6.27. The van der Waals surface area contributed by atoms with E-state index in [2.05, 4.69) is 16.9 Å². The highest BCUT2D eigenvalue weighted by molar-refractivity contribution is 5.97. The standard InChI is InChI=1S/C14H15N3O/c1-10-3-2-8-17(10)14(18)11-4-5-12-13(9-11)16-7-6-15-12/h4-7,9-10H,2-3,8H2,1H3. The molecule has 2 aromatic rings. The van der Waals surface area contributed by atoms with Gasteiger partial charge in [0.15, 0.2) is 0 Å². The van der Waals surface area contributed by atoms with Gasteiger partial charge in [-0.2, -0.15) is 0 Å². The molecule has 1 aliphatic heterocycles. The summed E-state index contributed by atoms with van der Waals surface area (Å²) in [4.78, 5) is 22.8. The first-order chi connectivity index (χ1) is 8.75. The molecular weight excluding hydrogens is 226 g/mol. The summed E-state index contributed by atoms with van der Waals surface area (Å²) in [6, 6.07) is 5.87. The Balaban J connectivity index is 1.96. The lowest BCUT2D eigenvalue weighted by molar-refractivity contribution is 0.0747. The van der Waals surface area contributed by atoms with Crippen molar-refractivity contribution in [2.24, 2.45) is 0 Å². The number of fused-ring (bicyclic) bond motifs is 1. The van der Waals surface area contributed by atoms with Crippen LogP contribution >= 0.6 is 0 Å². The monoisotopic (exact) mass is 241 g/mol. The van der Waals surface area contributed by atoms with Crippen molar-refractivity contribution in [1.29, 1.82) is 0 Å². The zero-order valence-corrected chi connectivity index (χ0v) is 10.3. The van der Waals surface area contributed by atoms with Gasteiger partial charge in [0.05, 0.1) is 11.0 Å². The van der Waals surface area contributed by atoms with E-state index in [9.17, 15) is 4.79 Å². The second-order valence-corrected chi connectivity index (χ2v) is 4.75. The van der Waals surface area contributed by atoms with Crippen LogP contribution in [0.5, 0.6) is 0 Å². The molecule has 4 nitrogen and oxygen atoms in total. The van der Waals surface area contributed by atoms with E-state index in [-0.39, 0.29) is 5.91 Å². The van der Waals surface area contributed by atoms with E-state index < -0.39 is 0 Å². The van der Waals surface area contributed by atoms with Crippen LogP contribution in [0.4, 0.5) is 0 Å². The molecule has 4 heteroatoms. The second kappa shape index (κ2) is 4.37. The zero-order valence-electron chi connectivity index (χ0n) is 10.3. The average Bonchev–Trinajstić information content (AvgIpc) is 2.83. The summed E-state index contributed by atoms with van der Waals surface area (Å²) in [6.07, 6.45) is 5.50. The molecular formula is C14H15N3O. The van der Waals surface area contributed by atoms with Crippen molar-refractivity contribution in [3.05, 3.63) is 36.2 Å². The Bertz CT molecular complexity index is 596. The van der Waals surface area contributed by atoms with Gasteiger partial charge in [-0.1, -0.05) is 0 Å². The van der Waals surface area contributed by atoms with Crippen molar-refractivity contribution < 1.29 is 4.79 Å². The SMILES string of the molecule is CC1CCCN1C(=O)c1ccc2nccnc2c1. The molecule has 0 radical (unpaired) electrons. The molecule has 0 saturated carbocycles. The van der Waals surface area contributed by atoms with Crippen molar-refractivity contribution in [3.63, 3.8) is 0 Å². The van der Waals surface area contributed by atoms with Gasteiger partial charge in [0.2, 0.25) is 0 Å². The van der Waals surface area contributed by atoms with Gasteiger partial charge in [0.25, 0.3) is 5.91 Å². The molecule has 1 unspecified atom stereocenters. The van der Waals surface area contributed by atoms with Crippen LogP contribution in [0.2, 0.25) is 0 Å². The second-order valence-electron chi connectivity index (χ2n) is 4.75. The van der Waals surface area contributed by atoms with E-state index in [0.717, 1.165) is 30.4 Å². The Morgan fingerprint density at radius 3 is 2.78 bits per heavy atom. The van der Waals surface area contributed by atoms with Crippen LogP contribution in [0.3, 0.4) is 0 Å². The predicted octanol–water partition coefficient (Wildman–Crippen LogP) is 2.25. The van der Waals surface area contributed by atoms with Gasteiger partial charge < -0.3 is 4.90 Å². The molecule has 1 amide bonds. The lowest BCUT2D eigenvalue weighted by Gasteiger charge is -2.21. The largest absolute Gasteiger partial charge is 0.336 e.